The summed E-state index contributed by atoms with van der Waals surface area (Å²) in [5, 5.41) is 8.25. The highest BCUT2D eigenvalue weighted by atomic mass is 79.9. The molecule has 1 aromatic heterocycles. The van der Waals surface area contributed by atoms with Crippen molar-refractivity contribution in [3.8, 4) is 0 Å². The van der Waals surface area contributed by atoms with Crippen LogP contribution in [0, 0.1) is 6.92 Å². The summed E-state index contributed by atoms with van der Waals surface area (Å²) in [5.74, 6) is 0. The molecule has 0 aliphatic heterocycles. The Balaban J connectivity index is 2.86. The first-order valence-electron chi connectivity index (χ1n) is 3.37. The first-order chi connectivity index (χ1) is 5.27. The van der Waals surface area contributed by atoms with E-state index >= 15 is 0 Å². The second-order valence-corrected chi connectivity index (χ2v) is 3.43. The molecule has 0 bridgehead atoms. The number of fused-ring (bicyclic) bond motifs is 1. The minimum Gasteiger partial charge on any atom is -0.282 e. The van der Waals surface area contributed by atoms with Crippen LogP contribution in [0.15, 0.2) is 22.7 Å². The van der Waals surface area contributed by atoms with Gasteiger partial charge < -0.3 is 0 Å². The molecule has 0 aliphatic carbocycles. The average molecular weight is 211 g/mol. The molecule has 0 radical (unpaired) electrons. The third-order valence-corrected chi connectivity index (χ3v) is 2.20. The number of nitrogens with one attached hydrogen (secondary N) is 1. The molecule has 0 aliphatic rings. The molecule has 0 saturated carbocycles. The molecule has 0 unspecified atom stereocenters. The Morgan fingerprint density at radius 1 is 1.45 bits per heavy atom. The molecule has 56 valence electrons. The Bertz CT molecular complexity index is 392. The zero-order valence-corrected chi connectivity index (χ0v) is 7.64. The Hall–Kier alpha value is -0.830. The van der Waals surface area contributed by atoms with E-state index in [0.717, 1.165) is 15.7 Å². The molecule has 2 nitrogen and oxygen atoms in total. The van der Waals surface area contributed by atoms with Gasteiger partial charge in [0.15, 0.2) is 0 Å². The van der Waals surface area contributed by atoms with E-state index in [1.165, 1.54) is 5.39 Å². The van der Waals surface area contributed by atoms with Crippen LogP contribution in [0.25, 0.3) is 10.9 Å². The van der Waals surface area contributed by atoms with Crippen LogP contribution in [0.3, 0.4) is 0 Å². The quantitative estimate of drug-likeness (QED) is 0.712. The molecule has 0 atom stereocenters. The van der Waals surface area contributed by atoms with E-state index in [-0.39, 0.29) is 0 Å². The number of H-pyrrole nitrogens is 1. The van der Waals surface area contributed by atoms with E-state index in [0.29, 0.717) is 0 Å². The Labute approximate surface area is 72.7 Å². The van der Waals surface area contributed by atoms with Gasteiger partial charge in [0.05, 0.1) is 5.52 Å². The van der Waals surface area contributed by atoms with Crippen molar-refractivity contribution in [2.24, 2.45) is 0 Å². The van der Waals surface area contributed by atoms with Crippen molar-refractivity contribution in [3.05, 3.63) is 28.4 Å². The fourth-order valence-corrected chi connectivity index (χ4v) is 1.47. The Morgan fingerprint density at radius 2 is 2.27 bits per heavy atom. The number of aryl methyl sites for hydroxylation is 1. The van der Waals surface area contributed by atoms with Gasteiger partial charge in [-0.2, -0.15) is 5.10 Å². The van der Waals surface area contributed by atoms with Crippen LogP contribution >= 0.6 is 15.9 Å². The normalized spacial score (nSPS) is 10.7. The third kappa shape index (κ3) is 1.05. The molecule has 11 heavy (non-hydrogen) atoms. The standard InChI is InChI=1S/C8H7BrN2/c1-5-7-3-2-6(9)4-8(7)11-10-5/h2-4H,1H3,(H,10,11). The number of aromatic nitrogens is 2. The smallest absolute Gasteiger partial charge is 0.0934 e. The zero-order chi connectivity index (χ0) is 7.84. The Morgan fingerprint density at radius 3 is 3.09 bits per heavy atom. The van der Waals surface area contributed by atoms with Gasteiger partial charge >= 0.3 is 0 Å². The highest BCUT2D eigenvalue weighted by molar-refractivity contribution is 9.10. The van der Waals surface area contributed by atoms with Crippen LogP contribution in [0.5, 0.6) is 0 Å². The van der Waals surface area contributed by atoms with Gasteiger partial charge in [-0.1, -0.05) is 15.9 Å². The van der Waals surface area contributed by atoms with Gasteiger partial charge in [-0.3, -0.25) is 5.10 Å². The summed E-state index contributed by atoms with van der Waals surface area (Å²) in [7, 11) is 0. The van der Waals surface area contributed by atoms with Crippen molar-refractivity contribution in [3.63, 3.8) is 0 Å². The van der Waals surface area contributed by atoms with Crippen molar-refractivity contribution in [2.45, 2.75) is 6.92 Å². The average Bonchev–Trinajstić information content (AvgIpc) is 2.32. The Kier molecular flexibility index (Phi) is 1.46. The summed E-state index contributed by atoms with van der Waals surface area (Å²) in [5.41, 5.74) is 2.13. The van der Waals surface area contributed by atoms with Gasteiger partial charge in [-0.25, -0.2) is 0 Å². The number of rotatable bonds is 0. The van der Waals surface area contributed by atoms with Crippen molar-refractivity contribution in [1.82, 2.24) is 10.2 Å². The predicted octanol–water partition coefficient (Wildman–Crippen LogP) is 2.63. The molecule has 0 amide bonds. The first-order valence-corrected chi connectivity index (χ1v) is 4.17. The minimum atomic E-state index is 1.01. The van der Waals surface area contributed by atoms with Crippen LogP contribution in [-0.4, -0.2) is 10.2 Å². The lowest BCUT2D eigenvalue weighted by molar-refractivity contribution is 1.07. The second kappa shape index (κ2) is 2.34. The first kappa shape index (κ1) is 6.85. The molecular formula is C8H7BrN2. The van der Waals surface area contributed by atoms with Crippen LogP contribution in [0.2, 0.25) is 0 Å². The van der Waals surface area contributed by atoms with Gasteiger partial charge in [0.1, 0.15) is 0 Å². The van der Waals surface area contributed by atoms with Crippen LogP contribution < -0.4 is 0 Å². The van der Waals surface area contributed by atoms with E-state index in [2.05, 4.69) is 32.2 Å². The fraction of sp³-hybridized carbons (Fsp3) is 0.125. The van der Waals surface area contributed by atoms with Crippen LogP contribution in [0.4, 0.5) is 0 Å². The molecule has 1 heterocycles. The molecule has 0 saturated heterocycles. The lowest BCUT2D eigenvalue weighted by Gasteiger charge is -1.89. The SMILES string of the molecule is Cc1[nH]nc2cc(Br)ccc12. The number of nitrogens with zero attached hydrogens (tertiary/aromatic N) is 1. The van der Waals surface area contributed by atoms with Crippen molar-refractivity contribution in [2.75, 3.05) is 0 Å². The lowest BCUT2D eigenvalue weighted by Crippen LogP contribution is -1.68. The molecular weight excluding hydrogens is 204 g/mol. The number of aromatic amines is 1. The second-order valence-electron chi connectivity index (χ2n) is 2.51. The van der Waals surface area contributed by atoms with Crippen molar-refractivity contribution < 1.29 is 0 Å². The van der Waals surface area contributed by atoms with Gasteiger partial charge in [0, 0.05) is 15.6 Å². The molecule has 0 spiro atoms. The van der Waals surface area contributed by atoms with Gasteiger partial charge in [0.25, 0.3) is 0 Å². The topological polar surface area (TPSA) is 28.7 Å². The molecule has 3 heteroatoms. The summed E-state index contributed by atoms with van der Waals surface area (Å²) >= 11 is 3.39. The molecule has 0 fully saturated rings. The monoisotopic (exact) mass is 210 g/mol. The maximum absolute atomic E-state index is 4.12. The van der Waals surface area contributed by atoms with Crippen LogP contribution in [0.1, 0.15) is 5.69 Å². The summed E-state index contributed by atoms with van der Waals surface area (Å²) < 4.78 is 1.07. The van der Waals surface area contributed by atoms with Gasteiger partial charge in [-0.15, -0.1) is 0 Å². The highest BCUT2D eigenvalue weighted by Crippen LogP contribution is 2.19. The van der Waals surface area contributed by atoms with Crippen molar-refractivity contribution >= 4 is 26.8 Å². The number of hydrogen-bond donors (Lipinski definition) is 1. The summed E-state index contributed by atoms with van der Waals surface area (Å²) in [6.07, 6.45) is 0. The van der Waals surface area contributed by atoms with Gasteiger partial charge in [-0.05, 0) is 25.1 Å². The van der Waals surface area contributed by atoms with E-state index in [1.807, 2.05) is 19.1 Å². The summed E-state index contributed by atoms with van der Waals surface area (Å²) in [4.78, 5) is 0. The van der Waals surface area contributed by atoms with Gasteiger partial charge in [0.2, 0.25) is 0 Å². The predicted molar refractivity (Wildman–Crippen MR) is 48.5 cm³/mol. The van der Waals surface area contributed by atoms with E-state index in [1.54, 1.807) is 0 Å². The number of hydrogen-bond acceptors (Lipinski definition) is 1. The molecule has 1 aromatic carbocycles. The minimum absolute atomic E-state index is 1.01. The van der Waals surface area contributed by atoms with E-state index in [4.69, 9.17) is 0 Å². The summed E-state index contributed by atoms with van der Waals surface area (Å²) in [6.45, 7) is 2.02. The van der Waals surface area contributed by atoms with E-state index in [9.17, 15) is 0 Å². The third-order valence-electron chi connectivity index (χ3n) is 1.71. The highest BCUT2D eigenvalue weighted by Gasteiger charge is 1.99. The fourth-order valence-electron chi connectivity index (χ4n) is 1.12. The molecule has 2 aromatic rings. The maximum atomic E-state index is 4.12. The number of halogens is 1. The molecule has 1 N–H and O–H groups in total. The molecule has 2 rings (SSSR count). The number of benzene rings is 1. The maximum Gasteiger partial charge on any atom is 0.0934 e. The zero-order valence-electron chi connectivity index (χ0n) is 6.06. The summed E-state index contributed by atoms with van der Waals surface area (Å²) in [6, 6.07) is 6.07. The van der Waals surface area contributed by atoms with Crippen LogP contribution in [-0.2, 0) is 0 Å². The largest absolute Gasteiger partial charge is 0.282 e. The van der Waals surface area contributed by atoms with Crippen molar-refractivity contribution in [1.29, 1.82) is 0 Å². The lowest BCUT2D eigenvalue weighted by atomic mass is 10.2. The van der Waals surface area contributed by atoms with E-state index < -0.39 is 0 Å².